The first-order chi connectivity index (χ1) is 17.0. The summed E-state index contributed by atoms with van der Waals surface area (Å²) < 4.78 is 6.09. The van der Waals surface area contributed by atoms with Crippen molar-refractivity contribution < 1.29 is 9.53 Å². The van der Waals surface area contributed by atoms with E-state index >= 15 is 0 Å². The average Bonchev–Trinajstić information content (AvgIpc) is 2.86. The highest BCUT2D eigenvalue weighted by molar-refractivity contribution is 5.99. The van der Waals surface area contributed by atoms with Gasteiger partial charge in [-0.25, -0.2) is 4.98 Å². The van der Waals surface area contributed by atoms with Crippen molar-refractivity contribution in [2.24, 2.45) is 0 Å². The van der Waals surface area contributed by atoms with Gasteiger partial charge in [0.15, 0.2) is 0 Å². The number of nitrogens with zero attached hydrogens (tertiary/aromatic N) is 4. The lowest BCUT2D eigenvalue weighted by Gasteiger charge is -2.44. The SMILES string of the molecule is C=CC(=O)Nc1cccc(Nc2nc(Nc3ccc4c(c3)OCC3CN(C)CCN43)ncc2C)c1. The van der Waals surface area contributed by atoms with Gasteiger partial charge in [-0.1, -0.05) is 12.6 Å². The van der Waals surface area contributed by atoms with E-state index in [0.29, 0.717) is 30.1 Å². The topological polar surface area (TPSA) is 94.6 Å². The summed E-state index contributed by atoms with van der Waals surface area (Å²) in [7, 11) is 2.15. The van der Waals surface area contributed by atoms with Gasteiger partial charge < -0.3 is 30.5 Å². The zero-order valence-electron chi connectivity index (χ0n) is 19.9. The van der Waals surface area contributed by atoms with Crippen LogP contribution in [0.5, 0.6) is 5.75 Å². The normalized spacial score (nSPS) is 17.0. The molecule has 180 valence electrons. The molecule has 0 aliphatic carbocycles. The summed E-state index contributed by atoms with van der Waals surface area (Å²) in [4.78, 5) is 25.5. The third-order valence-electron chi connectivity index (χ3n) is 6.19. The molecule has 2 aromatic carbocycles. The third-order valence-corrected chi connectivity index (χ3v) is 6.19. The molecular formula is C26H29N7O2. The molecule has 0 radical (unpaired) electrons. The molecule has 1 amide bonds. The smallest absolute Gasteiger partial charge is 0.247 e. The monoisotopic (exact) mass is 471 g/mol. The van der Waals surface area contributed by atoms with Crippen LogP contribution in [0, 0.1) is 6.92 Å². The molecule has 1 aromatic heterocycles. The number of hydrogen-bond acceptors (Lipinski definition) is 8. The van der Waals surface area contributed by atoms with Gasteiger partial charge in [0.25, 0.3) is 0 Å². The summed E-state index contributed by atoms with van der Waals surface area (Å²) >= 11 is 0. The van der Waals surface area contributed by atoms with E-state index < -0.39 is 0 Å². The lowest BCUT2D eigenvalue weighted by molar-refractivity contribution is -0.111. The molecule has 3 aromatic rings. The Hall–Kier alpha value is -4.11. The van der Waals surface area contributed by atoms with E-state index in [1.165, 1.54) is 6.08 Å². The highest BCUT2D eigenvalue weighted by atomic mass is 16.5. The molecule has 3 heterocycles. The van der Waals surface area contributed by atoms with Crippen LogP contribution in [0.4, 0.5) is 34.5 Å². The Labute approximate surface area is 204 Å². The fourth-order valence-corrected chi connectivity index (χ4v) is 4.36. The first kappa shape index (κ1) is 22.7. The Morgan fingerprint density at radius 1 is 1.14 bits per heavy atom. The summed E-state index contributed by atoms with van der Waals surface area (Å²) in [5.74, 6) is 1.76. The molecule has 9 heteroatoms. The van der Waals surface area contributed by atoms with Gasteiger partial charge in [-0.3, -0.25) is 4.79 Å². The summed E-state index contributed by atoms with van der Waals surface area (Å²) in [5, 5.41) is 9.37. The second-order valence-electron chi connectivity index (χ2n) is 8.85. The minimum absolute atomic E-state index is 0.260. The fourth-order valence-electron chi connectivity index (χ4n) is 4.36. The zero-order valence-corrected chi connectivity index (χ0v) is 19.9. The summed E-state index contributed by atoms with van der Waals surface area (Å²) in [6.45, 7) is 9.16. The van der Waals surface area contributed by atoms with Gasteiger partial charge in [0.2, 0.25) is 11.9 Å². The average molecular weight is 472 g/mol. The quantitative estimate of drug-likeness (QED) is 0.466. The standard InChI is InChI=1S/C26H29N7O2/c1-4-24(34)28-18-6-5-7-19(12-18)29-25-17(2)14-27-26(31-25)30-20-8-9-22-23(13-20)35-16-21-15-32(3)10-11-33(21)22/h4-9,12-14,21H,1,10-11,15-16H2,2-3H3,(H,28,34)(H2,27,29,30,31). The highest BCUT2D eigenvalue weighted by Gasteiger charge is 2.31. The van der Waals surface area contributed by atoms with Gasteiger partial charge >= 0.3 is 0 Å². The maximum absolute atomic E-state index is 11.6. The van der Waals surface area contributed by atoms with Crippen LogP contribution in [0.1, 0.15) is 5.56 Å². The number of ether oxygens (including phenoxy) is 1. The molecule has 1 saturated heterocycles. The number of fused-ring (bicyclic) bond motifs is 3. The molecule has 3 N–H and O–H groups in total. The molecule has 1 fully saturated rings. The number of nitrogens with one attached hydrogen (secondary N) is 3. The molecule has 2 aliphatic heterocycles. The van der Waals surface area contributed by atoms with Crippen molar-refractivity contribution in [2.75, 3.05) is 54.1 Å². The first-order valence-corrected chi connectivity index (χ1v) is 11.6. The number of aryl methyl sites for hydroxylation is 1. The van der Waals surface area contributed by atoms with Crippen LogP contribution in [0.2, 0.25) is 0 Å². The minimum atomic E-state index is -0.260. The van der Waals surface area contributed by atoms with Gasteiger partial charge in [-0.2, -0.15) is 4.98 Å². The van der Waals surface area contributed by atoms with E-state index in [-0.39, 0.29) is 5.91 Å². The lowest BCUT2D eigenvalue weighted by atomic mass is 10.1. The van der Waals surface area contributed by atoms with Gasteiger partial charge in [-0.05, 0) is 50.4 Å². The van der Waals surface area contributed by atoms with Crippen LogP contribution in [-0.4, -0.2) is 60.1 Å². The maximum atomic E-state index is 11.6. The van der Waals surface area contributed by atoms with Crippen molar-refractivity contribution in [1.29, 1.82) is 0 Å². The molecule has 0 spiro atoms. The van der Waals surface area contributed by atoms with E-state index in [1.54, 1.807) is 6.20 Å². The van der Waals surface area contributed by atoms with Gasteiger partial charge in [0, 0.05) is 54.5 Å². The first-order valence-electron chi connectivity index (χ1n) is 11.6. The van der Waals surface area contributed by atoms with E-state index in [1.807, 2.05) is 43.3 Å². The molecule has 0 bridgehead atoms. The molecule has 2 aliphatic rings. The Bertz CT molecular complexity index is 1260. The van der Waals surface area contributed by atoms with Crippen LogP contribution in [0.3, 0.4) is 0 Å². The molecule has 9 nitrogen and oxygen atoms in total. The Kier molecular flexibility index (Phi) is 6.24. The number of anilines is 6. The van der Waals surface area contributed by atoms with E-state index in [2.05, 4.69) is 55.4 Å². The fraction of sp³-hybridized carbons (Fsp3) is 0.269. The predicted octanol–water partition coefficient (Wildman–Crippen LogP) is 3.91. The molecule has 1 atom stereocenters. The Balaban J connectivity index is 1.31. The van der Waals surface area contributed by atoms with Gasteiger partial charge in [-0.15, -0.1) is 0 Å². The summed E-state index contributed by atoms with van der Waals surface area (Å²) in [5.41, 5.74) is 4.35. The molecule has 5 rings (SSSR count). The van der Waals surface area contributed by atoms with Gasteiger partial charge in [0.05, 0.1) is 11.7 Å². The van der Waals surface area contributed by atoms with Crippen molar-refractivity contribution in [3.05, 3.63) is 66.9 Å². The number of benzene rings is 2. The number of rotatable bonds is 6. The number of piperazine rings is 1. The van der Waals surface area contributed by atoms with E-state index in [4.69, 9.17) is 4.74 Å². The third kappa shape index (κ3) is 5.04. The van der Waals surface area contributed by atoms with Crippen LogP contribution in [0.25, 0.3) is 0 Å². The number of aromatic nitrogens is 2. The van der Waals surface area contributed by atoms with Gasteiger partial charge in [0.1, 0.15) is 18.2 Å². The lowest BCUT2D eigenvalue weighted by Crippen LogP contribution is -2.56. The molecule has 35 heavy (non-hydrogen) atoms. The largest absolute Gasteiger partial charge is 0.489 e. The van der Waals surface area contributed by atoms with Crippen molar-refractivity contribution in [3.8, 4) is 5.75 Å². The molecule has 1 unspecified atom stereocenters. The second-order valence-corrected chi connectivity index (χ2v) is 8.85. The Morgan fingerprint density at radius 2 is 1.97 bits per heavy atom. The number of carbonyl (C=O) groups excluding carboxylic acids is 1. The number of amides is 1. The molecule has 0 saturated carbocycles. The van der Waals surface area contributed by atoms with Crippen molar-refractivity contribution in [3.63, 3.8) is 0 Å². The number of carbonyl (C=O) groups is 1. The van der Waals surface area contributed by atoms with E-state index in [0.717, 1.165) is 48.0 Å². The van der Waals surface area contributed by atoms with Crippen LogP contribution < -0.4 is 25.6 Å². The van der Waals surface area contributed by atoms with Crippen molar-refractivity contribution in [1.82, 2.24) is 14.9 Å². The number of hydrogen-bond donors (Lipinski definition) is 3. The highest BCUT2D eigenvalue weighted by Crippen LogP contribution is 2.37. The summed E-state index contributed by atoms with van der Waals surface area (Å²) in [6.07, 6.45) is 3.01. The zero-order chi connectivity index (χ0) is 24.4. The molecular weight excluding hydrogens is 442 g/mol. The van der Waals surface area contributed by atoms with Crippen LogP contribution >= 0.6 is 0 Å². The van der Waals surface area contributed by atoms with Crippen molar-refractivity contribution >= 4 is 40.4 Å². The minimum Gasteiger partial charge on any atom is -0.489 e. The predicted molar refractivity (Wildman–Crippen MR) is 139 cm³/mol. The van der Waals surface area contributed by atoms with E-state index in [9.17, 15) is 4.79 Å². The summed E-state index contributed by atoms with van der Waals surface area (Å²) in [6, 6.07) is 13.9. The van der Waals surface area contributed by atoms with Crippen molar-refractivity contribution in [2.45, 2.75) is 13.0 Å². The Morgan fingerprint density at radius 3 is 2.83 bits per heavy atom. The second kappa shape index (κ2) is 9.63. The number of likely N-dealkylation sites (N-methyl/N-ethyl adjacent to an activating group) is 1. The van der Waals surface area contributed by atoms with Crippen LogP contribution in [0.15, 0.2) is 61.3 Å². The maximum Gasteiger partial charge on any atom is 0.247 e. The van der Waals surface area contributed by atoms with Crippen LogP contribution in [-0.2, 0) is 4.79 Å².